The number of hydrogen-bond donors (Lipinski definition) is 1. The van der Waals surface area contributed by atoms with Crippen LogP contribution in [0.15, 0.2) is 59.5 Å². The highest BCUT2D eigenvalue weighted by atomic mass is 35.5. The molecule has 1 aromatic heterocycles. The van der Waals surface area contributed by atoms with E-state index in [1.165, 1.54) is 33.3 Å². The quantitative estimate of drug-likeness (QED) is 0.483. The molecular formula is C25H27ClFN5O4S. The molecule has 0 bridgehead atoms. The number of hydrogen-bond acceptors (Lipinski definition) is 6. The molecular weight excluding hydrogens is 521 g/mol. The molecule has 2 heterocycles. The van der Waals surface area contributed by atoms with E-state index in [2.05, 4.69) is 9.82 Å². The first-order chi connectivity index (χ1) is 17.8. The molecule has 37 heavy (non-hydrogen) atoms. The predicted octanol–water partition coefficient (Wildman–Crippen LogP) is 3.83. The first-order valence-electron chi connectivity index (χ1n) is 12.1. The fraction of sp³-hybridized carbons (Fsp3) is 0.360. The molecule has 3 aromatic rings. The normalized spacial score (nSPS) is 17.2. The van der Waals surface area contributed by atoms with Crippen molar-refractivity contribution >= 4 is 33.2 Å². The van der Waals surface area contributed by atoms with Gasteiger partial charge in [-0.05, 0) is 68.1 Å². The zero-order chi connectivity index (χ0) is 26.0. The predicted molar refractivity (Wildman–Crippen MR) is 140 cm³/mol. The fourth-order valence-corrected chi connectivity index (χ4v) is 6.02. The van der Waals surface area contributed by atoms with Gasteiger partial charge in [0.15, 0.2) is 0 Å². The standard InChI is InChI=1S/C25H27ClFN5O4S/c26-18-4-3-5-21(16-18)32-25(33)24(36-22-6-1-2-7-22)23(17-28-32)30-12-14-31(15-13-30)37(34,35)29-20-10-8-19(27)9-11-20/h3-5,8-11,16-17,22,29H,1-2,6-7,12-15H2. The van der Waals surface area contributed by atoms with Crippen LogP contribution in [0.1, 0.15) is 25.7 Å². The number of ether oxygens (including phenoxy) is 1. The second-order valence-electron chi connectivity index (χ2n) is 9.08. The molecule has 0 atom stereocenters. The van der Waals surface area contributed by atoms with Gasteiger partial charge in [0.05, 0.1) is 18.0 Å². The summed E-state index contributed by atoms with van der Waals surface area (Å²) in [7, 11) is -3.83. The van der Waals surface area contributed by atoms with Gasteiger partial charge in [0.25, 0.3) is 0 Å². The van der Waals surface area contributed by atoms with Crippen LogP contribution in [0.4, 0.5) is 15.8 Å². The van der Waals surface area contributed by atoms with Crippen molar-refractivity contribution in [1.29, 1.82) is 0 Å². The van der Waals surface area contributed by atoms with Crippen LogP contribution in [0, 0.1) is 5.82 Å². The topological polar surface area (TPSA) is 96.8 Å². The Hall–Kier alpha value is -3.15. The summed E-state index contributed by atoms with van der Waals surface area (Å²) in [4.78, 5) is 15.5. The highest BCUT2D eigenvalue weighted by Crippen LogP contribution is 2.30. The zero-order valence-electron chi connectivity index (χ0n) is 20.0. The summed E-state index contributed by atoms with van der Waals surface area (Å²) in [5.74, 6) is -0.235. The Morgan fingerprint density at radius 3 is 2.41 bits per heavy atom. The Balaban J connectivity index is 1.37. The molecule has 0 spiro atoms. The number of nitrogens with zero attached hydrogens (tertiary/aromatic N) is 4. The van der Waals surface area contributed by atoms with Gasteiger partial charge in [-0.25, -0.2) is 4.39 Å². The van der Waals surface area contributed by atoms with Crippen molar-refractivity contribution in [3.05, 3.63) is 75.9 Å². The highest BCUT2D eigenvalue weighted by Gasteiger charge is 2.30. The Kier molecular flexibility index (Phi) is 7.36. The van der Waals surface area contributed by atoms with Crippen LogP contribution >= 0.6 is 11.6 Å². The lowest BCUT2D eigenvalue weighted by atomic mass is 10.2. The lowest BCUT2D eigenvalue weighted by molar-refractivity contribution is 0.205. The van der Waals surface area contributed by atoms with Gasteiger partial charge < -0.3 is 9.64 Å². The summed E-state index contributed by atoms with van der Waals surface area (Å²) in [6.07, 6.45) is 5.38. The summed E-state index contributed by atoms with van der Waals surface area (Å²) in [6.45, 7) is 1.06. The van der Waals surface area contributed by atoms with E-state index in [1.54, 1.807) is 30.5 Å². The summed E-state index contributed by atoms with van der Waals surface area (Å²) in [6, 6.07) is 12.0. The van der Waals surface area contributed by atoms with E-state index in [9.17, 15) is 17.6 Å². The van der Waals surface area contributed by atoms with Crippen molar-refractivity contribution in [2.24, 2.45) is 0 Å². The van der Waals surface area contributed by atoms with E-state index >= 15 is 0 Å². The molecule has 2 aromatic carbocycles. The highest BCUT2D eigenvalue weighted by molar-refractivity contribution is 7.90. The van der Waals surface area contributed by atoms with Gasteiger partial charge in [-0.2, -0.15) is 22.5 Å². The van der Waals surface area contributed by atoms with Crippen LogP contribution < -0.4 is 19.9 Å². The van der Waals surface area contributed by atoms with Gasteiger partial charge >= 0.3 is 15.8 Å². The molecule has 5 rings (SSSR count). The third kappa shape index (κ3) is 5.73. The third-order valence-electron chi connectivity index (χ3n) is 6.56. The van der Waals surface area contributed by atoms with Crippen LogP contribution in [0.5, 0.6) is 5.75 Å². The van der Waals surface area contributed by atoms with Gasteiger partial charge in [-0.3, -0.25) is 9.52 Å². The fourth-order valence-electron chi connectivity index (χ4n) is 4.63. The number of nitrogens with one attached hydrogen (secondary N) is 1. The van der Waals surface area contributed by atoms with Crippen molar-refractivity contribution in [1.82, 2.24) is 14.1 Å². The molecule has 0 amide bonds. The summed E-state index contributed by atoms with van der Waals surface area (Å²) in [5, 5.41) is 4.87. The molecule has 2 aliphatic rings. The molecule has 1 saturated heterocycles. The average molecular weight is 548 g/mol. The number of halogens is 2. The SMILES string of the molecule is O=c1c(OC2CCCC2)c(N2CCN(S(=O)(=O)Nc3ccc(F)cc3)CC2)cnn1-c1cccc(Cl)c1. The zero-order valence-corrected chi connectivity index (χ0v) is 21.6. The van der Waals surface area contributed by atoms with E-state index in [0.717, 1.165) is 25.7 Å². The second-order valence-corrected chi connectivity index (χ2v) is 11.2. The number of piperazine rings is 1. The van der Waals surface area contributed by atoms with E-state index in [-0.39, 0.29) is 36.2 Å². The Morgan fingerprint density at radius 1 is 1.03 bits per heavy atom. The Bertz CT molecular complexity index is 1420. The summed E-state index contributed by atoms with van der Waals surface area (Å²) < 4.78 is 50.2. The maximum Gasteiger partial charge on any atom is 0.316 e. The molecule has 1 N–H and O–H groups in total. The van der Waals surface area contributed by atoms with Crippen LogP contribution in [0.3, 0.4) is 0 Å². The van der Waals surface area contributed by atoms with Gasteiger partial charge in [-0.15, -0.1) is 0 Å². The van der Waals surface area contributed by atoms with Crippen molar-refractivity contribution in [2.75, 3.05) is 35.8 Å². The Morgan fingerprint density at radius 2 is 1.73 bits per heavy atom. The molecule has 2 fully saturated rings. The maximum atomic E-state index is 13.5. The molecule has 1 aliphatic carbocycles. The molecule has 9 nitrogen and oxygen atoms in total. The number of anilines is 2. The lowest BCUT2D eigenvalue weighted by Crippen LogP contribution is -2.50. The largest absolute Gasteiger partial charge is 0.483 e. The van der Waals surface area contributed by atoms with Gasteiger partial charge in [0.1, 0.15) is 11.5 Å². The molecule has 0 unspecified atom stereocenters. The van der Waals surface area contributed by atoms with E-state index in [1.807, 2.05) is 4.90 Å². The van der Waals surface area contributed by atoms with Crippen LogP contribution in [-0.4, -0.2) is 54.8 Å². The molecule has 0 radical (unpaired) electrons. The van der Waals surface area contributed by atoms with Crippen molar-refractivity contribution in [3.8, 4) is 11.4 Å². The minimum atomic E-state index is -3.83. The smallest absolute Gasteiger partial charge is 0.316 e. The lowest BCUT2D eigenvalue weighted by Gasteiger charge is -2.36. The third-order valence-corrected chi connectivity index (χ3v) is 8.34. The number of aromatic nitrogens is 2. The van der Waals surface area contributed by atoms with Crippen molar-refractivity contribution < 1.29 is 17.5 Å². The van der Waals surface area contributed by atoms with Crippen LogP contribution in [-0.2, 0) is 10.2 Å². The Labute approximate surface area is 219 Å². The molecule has 12 heteroatoms. The first kappa shape index (κ1) is 25.5. The van der Waals surface area contributed by atoms with Crippen LogP contribution in [0.2, 0.25) is 5.02 Å². The van der Waals surface area contributed by atoms with Gasteiger partial charge in [0.2, 0.25) is 5.75 Å². The minimum Gasteiger partial charge on any atom is -0.483 e. The average Bonchev–Trinajstić information content (AvgIpc) is 3.40. The monoisotopic (exact) mass is 547 g/mol. The number of rotatable bonds is 7. The van der Waals surface area contributed by atoms with Crippen LogP contribution in [0.25, 0.3) is 5.69 Å². The van der Waals surface area contributed by atoms with Gasteiger partial charge in [-0.1, -0.05) is 17.7 Å². The molecule has 1 aliphatic heterocycles. The first-order valence-corrected chi connectivity index (χ1v) is 14.0. The van der Waals surface area contributed by atoms with Gasteiger partial charge in [0, 0.05) is 36.9 Å². The molecule has 1 saturated carbocycles. The van der Waals surface area contributed by atoms with Crippen molar-refractivity contribution in [3.63, 3.8) is 0 Å². The van der Waals surface area contributed by atoms with E-state index in [4.69, 9.17) is 16.3 Å². The van der Waals surface area contributed by atoms with Crippen molar-refractivity contribution in [2.45, 2.75) is 31.8 Å². The minimum absolute atomic E-state index is 0.0526. The number of benzene rings is 2. The van der Waals surface area contributed by atoms with E-state index < -0.39 is 16.0 Å². The van der Waals surface area contributed by atoms with E-state index in [0.29, 0.717) is 29.5 Å². The molecule has 196 valence electrons. The maximum absolute atomic E-state index is 13.5. The second kappa shape index (κ2) is 10.7. The summed E-state index contributed by atoms with van der Waals surface area (Å²) >= 11 is 6.13. The summed E-state index contributed by atoms with van der Waals surface area (Å²) in [5.41, 5.74) is 0.964.